The van der Waals surface area contributed by atoms with Gasteiger partial charge >= 0.3 is 0 Å². The van der Waals surface area contributed by atoms with E-state index in [4.69, 9.17) is 4.74 Å². The summed E-state index contributed by atoms with van der Waals surface area (Å²) < 4.78 is 5.16. The molecule has 1 amide bonds. The topological polar surface area (TPSA) is 50.4 Å². The molecule has 0 radical (unpaired) electrons. The third kappa shape index (κ3) is 4.76. The number of ether oxygens (including phenoxy) is 1. The van der Waals surface area contributed by atoms with Crippen LogP contribution in [-0.4, -0.2) is 37.1 Å². The molecule has 0 saturated carbocycles. The number of carbonyl (C=O) groups excluding carboxylic acids is 1. The molecular weight excluding hydrogens is 260 g/mol. The minimum Gasteiger partial charge on any atom is -0.497 e. The van der Waals surface area contributed by atoms with Gasteiger partial charge in [-0.15, -0.1) is 0 Å². The van der Waals surface area contributed by atoms with Gasteiger partial charge in [-0.2, -0.15) is 11.8 Å². The van der Waals surface area contributed by atoms with Gasteiger partial charge in [0, 0.05) is 37.1 Å². The molecular formula is C14H20N2O2S. The first-order valence-corrected chi connectivity index (χ1v) is 7.64. The van der Waals surface area contributed by atoms with E-state index in [9.17, 15) is 4.79 Å². The molecule has 0 bridgehead atoms. The predicted molar refractivity (Wildman–Crippen MR) is 78.6 cm³/mol. The summed E-state index contributed by atoms with van der Waals surface area (Å²) in [4.78, 5) is 11.8. The number of rotatable bonds is 5. The van der Waals surface area contributed by atoms with Crippen molar-refractivity contribution in [2.75, 3.05) is 25.2 Å². The number of amides is 1. The van der Waals surface area contributed by atoms with Gasteiger partial charge in [0.2, 0.25) is 5.91 Å². The lowest BCUT2D eigenvalue weighted by Crippen LogP contribution is -2.41. The number of thioether (sulfide) groups is 1. The highest BCUT2D eigenvalue weighted by Crippen LogP contribution is 2.13. The summed E-state index contributed by atoms with van der Waals surface area (Å²) in [5.74, 6) is 3.08. The zero-order valence-corrected chi connectivity index (χ0v) is 12.0. The average Bonchev–Trinajstić information content (AvgIpc) is 2.46. The quantitative estimate of drug-likeness (QED) is 0.856. The second-order valence-electron chi connectivity index (χ2n) is 4.56. The standard InChI is InChI=1S/C14H20N2O2S/c1-18-13-4-2-3-11(7-13)9-16-14(17)8-12-10-19-6-5-15-12/h2-4,7,12,15H,5-6,8-10H2,1H3,(H,16,17). The van der Waals surface area contributed by atoms with E-state index < -0.39 is 0 Å². The van der Waals surface area contributed by atoms with Gasteiger partial charge in [0.1, 0.15) is 5.75 Å². The van der Waals surface area contributed by atoms with E-state index in [0.29, 0.717) is 19.0 Å². The minimum atomic E-state index is 0.0998. The van der Waals surface area contributed by atoms with Gasteiger partial charge in [-0.25, -0.2) is 0 Å². The molecule has 2 rings (SSSR count). The van der Waals surface area contributed by atoms with Crippen LogP contribution in [-0.2, 0) is 11.3 Å². The smallest absolute Gasteiger partial charge is 0.221 e. The lowest BCUT2D eigenvalue weighted by atomic mass is 10.2. The molecule has 2 N–H and O–H groups in total. The molecule has 0 aliphatic carbocycles. The van der Waals surface area contributed by atoms with E-state index in [0.717, 1.165) is 29.4 Å². The molecule has 1 unspecified atom stereocenters. The third-order valence-corrected chi connectivity index (χ3v) is 4.18. The first kappa shape index (κ1) is 14.2. The van der Waals surface area contributed by atoms with Crippen molar-refractivity contribution < 1.29 is 9.53 Å². The normalized spacial score (nSPS) is 18.9. The molecule has 5 heteroatoms. The highest BCUT2D eigenvalue weighted by molar-refractivity contribution is 7.99. The predicted octanol–water partition coefficient (Wildman–Crippen LogP) is 1.41. The average molecular weight is 280 g/mol. The number of nitrogens with one attached hydrogen (secondary N) is 2. The number of carbonyl (C=O) groups is 1. The van der Waals surface area contributed by atoms with Crippen LogP contribution in [0.25, 0.3) is 0 Å². The van der Waals surface area contributed by atoms with Crippen molar-refractivity contribution in [2.24, 2.45) is 0 Å². The van der Waals surface area contributed by atoms with Gasteiger partial charge < -0.3 is 15.4 Å². The van der Waals surface area contributed by atoms with Crippen LogP contribution < -0.4 is 15.4 Å². The molecule has 1 aliphatic rings. The Bertz CT molecular complexity index is 420. The molecule has 4 nitrogen and oxygen atoms in total. The molecule has 104 valence electrons. The summed E-state index contributed by atoms with van der Waals surface area (Å²) in [7, 11) is 1.64. The largest absolute Gasteiger partial charge is 0.497 e. The van der Waals surface area contributed by atoms with E-state index in [2.05, 4.69) is 10.6 Å². The van der Waals surface area contributed by atoms with E-state index in [1.165, 1.54) is 0 Å². The second kappa shape index (κ2) is 7.40. The summed E-state index contributed by atoms with van der Waals surface area (Å²) in [6.45, 7) is 1.55. The van der Waals surface area contributed by atoms with Gasteiger partial charge in [0.15, 0.2) is 0 Å². The molecule has 1 aliphatic heterocycles. The Morgan fingerprint density at radius 1 is 1.58 bits per heavy atom. The summed E-state index contributed by atoms with van der Waals surface area (Å²) in [5.41, 5.74) is 1.05. The Labute approximate surface area is 118 Å². The van der Waals surface area contributed by atoms with Crippen molar-refractivity contribution in [2.45, 2.75) is 19.0 Å². The molecule has 1 aromatic rings. The molecule has 1 heterocycles. The van der Waals surface area contributed by atoms with Gasteiger partial charge in [0.25, 0.3) is 0 Å². The Hall–Kier alpha value is -1.20. The molecule has 1 saturated heterocycles. The van der Waals surface area contributed by atoms with Crippen molar-refractivity contribution in [1.29, 1.82) is 0 Å². The van der Waals surface area contributed by atoms with E-state index in [-0.39, 0.29) is 5.91 Å². The summed E-state index contributed by atoms with van der Waals surface area (Å²) in [5, 5.41) is 6.32. The Morgan fingerprint density at radius 2 is 2.47 bits per heavy atom. The van der Waals surface area contributed by atoms with Crippen LogP contribution in [0.4, 0.5) is 0 Å². The first-order chi connectivity index (χ1) is 9.28. The highest BCUT2D eigenvalue weighted by Gasteiger charge is 2.16. The number of hydrogen-bond donors (Lipinski definition) is 2. The van der Waals surface area contributed by atoms with Crippen LogP contribution in [0.15, 0.2) is 24.3 Å². The zero-order chi connectivity index (χ0) is 13.5. The van der Waals surface area contributed by atoms with Gasteiger partial charge in [0.05, 0.1) is 7.11 Å². The maximum Gasteiger partial charge on any atom is 0.221 e. The minimum absolute atomic E-state index is 0.0998. The van der Waals surface area contributed by atoms with Gasteiger partial charge in [-0.3, -0.25) is 4.79 Å². The molecule has 1 aromatic carbocycles. The fourth-order valence-corrected chi connectivity index (χ4v) is 2.98. The second-order valence-corrected chi connectivity index (χ2v) is 5.71. The molecule has 0 aromatic heterocycles. The summed E-state index contributed by atoms with van der Waals surface area (Å²) in [6.07, 6.45) is 0.553. The van der Waals surface area contributed by atoms with Crippen LogP contribution in [0, 0.1) is 0 Å². The van der Waals surface area contributed by atoms with E-state index >= 15 is 0 Å². The van der Waals surface area contributed by atoms with Crippen molar-refractivity contribution in [3.05, 3.63) is 29.8 Å². The number of hydrogen-bond acceptors (Lipinski definition) is 4. The SMILES string of the molecule is COc1cccc(CNC(=O)CC2CSCCN2)c1. The Morgan fingerprint density at radius 3 is 3.21 bits per heavy atom. The van der Waals surface area contributed by atoms with E-state index in [1.807, 2.05) is 36.0 Å². The summed E-state index contributed by atoms with van der Waals surface area (Å²) >= 11 is 1.91. The molecule has 1 atom stereocenters. The van der Waals surface area contributed by atoms with Crippen LogP contribution in [0.3, 0.4) is 0 Å². The number of benzene rings is 1. The van der Waals surface area contributed by atoms with Crippen LogP contribution in [0.5, 0.6) is 5.75 Å². The fourth-order valence-electron chi connectivity index (χ4n) is 2.03. The Balaban J connectivity index is 1.76. The van der Waals surface area contributed by atoms with Gasteiger partial charge in [-0.1, -0.05) is 12.1 Å². The van der Waals surface area contributed by atoms with Gasteiger partial charge in [-0.05, 0) is 17.7 Å². The lowest BCUT2D eigenvalue weighted by Gasteiger charge is -2.22. The molecule has 0 spiro atoms. The van der Waals surface area contributed by atoms with Crippen molar-refractivity contribution in [1.82, 2.24) is 10.6 Å². The van der Waals surface area contributed by atoms with Crippen molar-refractivity contribution in [3.8, 4) is 5.75 Å². The van der Waals surface area contributed by atoms with Crippen LogP contribution >= 0.6 is 11.8 Å². The lowest BCUT2D eigenvalue weighted by molar-refractivity contribution is -0.121. The van der Waals surface area contributed by atoms with Crippen molar-refractivity contribution in [3.63, 3.8) is 0 Å². The number of methoxy groups -OCH3 is 1. The highest BCUT2D eigenvalue weighted by atomic mass is 32.2. The van der Waals surface area contributed by atoms with Crippen LogP contribution in [0.1, 0.15) is 12.0 Å². The Kier molecular flexibility index (Phi) is 5.54. The zero-order valence-electron chi connectivity index (χ0n) is 11.1. The first-order valence-electron chi connectivity index (χ1n) is 6.48. The monoisotopic (exact) mass is 280 g/mol. The maximum absolute atomic E-state index is 11.8. The fraction of sp³-hybridized carbons (Fsp3) is 0.500. The molecule has 19 heavy (non-hydrogen) atoms. The maximum atomic E-state index is 11.8. The third-order valence-electron chi connectivity index (χ3n) is 3.05. The summed E-state index contributed by atoms with van der Waals surface area (Å²) in [6, 6.07) is 8.06. The van der Waals surface area contributed by atoms with E-state index in [1.54, 1.807) is 7.11 Å². The van der Waals surface area contributed by atoms with Crippen LogP contribution in [0.2, 0.25) is 0 Å². The molecule has 1 fully saturated rings. The van der Waals surface area contributed by atoms with Crippen molar-refractivity contribution >= 4 is 17.7 Å².